The molecule has 0 bridgehead atoms. The molecule has 21 heavy (non-hydrogen) atoms. The van der Waals surface area contributed by atoms with Crippen molar-refractivity contribution in [1.82, 2.24) is 0 Å². The first kappa shape index (κ1) is 13.5. The lowest BCUT2D eigenvalue weighted by atomic mass is 10.1. The van der Waals surface area contributed by atoms with Gasteiger partial charge in [0.2, 0.25) is 0 Å². The molecule has 0 spiro atoms. The number of fused-ring (bicyclic) bond motifs is 1. The fraction of sp³-hybridized carbons (Fsp3) is 0.235. The minimum atomic E-state index is -0.366. The highest BCUT2D eigenvalue weighted by Gasteiger charge is 2.15. The van der Waals surface area contributed by atoms with Crippen LogP contribution in [-0.4, -0.2) is 19.2 Å². The van der Waals surface area contributed by atoms with Gasteiger partial charge in [0.1, 0.15) is 19.8 Å². The number of benzene rings is 2. The molecule has 1 aliphatic rings. The third-order valence-electron chi connectivity index (χ3n) is 3.40. The van der Waals surface area contributed by atoms with Gasteiger partial charge >= 0.3 is 5.97 Å². The lowest BCUT2D eigenvalue weighted by molar-refractivity contribution is 0.0471. The number of hydrogen-bond acceptors (Lipinski definition) is 4. The van der Waals surface area contributed by atoms with Crippen molar-refractivity contribution in [2.24, 2.45) is 0 Å². The smallest absolute Gasteiger partial charge is 0.338 e. The molecule has 0 N–H and O–H groups in total. The molecule has 0 saturated heterocycles. The normalized spacial score (nSPS) is 12.8. The standard InChI is InChI=1S/C17H16O4/c1-12-4-2-3-5-14(12)11-21-17(18)13-6-7-15-16(10-13)20-9-8-19-15/h2-7,10H,8-9,11H2,1H3. The van der Waals surface area contributed by atoms with Crippen LogP contribution in [0.2, 0.25) is 0 Å². The molecule has 0 amide bonds. The van der Waals surface area contributed by atoms with Crippen LogP contribution in [0, 0.1) is 6.92 Å². The molecule has 0 saturated carbocycles. The Morgan fingerprint density at radius 3 is 2.67 bits per heavy atom. The van der Waals surface area contributed by atoms with Gasteiger partial charge in [0.15, 0.2) is 11.5 Å². The summed E-state index contributed by atoms with van der Waals surface area (Å²) in [6, 6.07) is 12.9. The molecule has 4 nitrogen and oxygen atoms in total. The Morgan fingerprint density at radius 1 is 1.10 bits per heavy atom. The summed E-state index contributed by atoms with van der Waals surface area (Å²) < 4.78 is 16.2. The molecule has 108 valence electrons. The number of rotatable bonds is 3. The summed E-state index contributed by atoms with van der Waals surface area (Å²) >= 11 is 0. The van der Waals surface area contributed by atoms with Crippen molar-refractivity contribution in [3.05, 3.63) is 59.2 Å². The maximum atomic E-state index is 12.1. The van der Waals surface area contributed by atoms with E-state index in [0.29, 0.717) is 30.3 Å². The Morgan fingerprint density at radius 2 is 1.86 bits per heavy atom. The summed E-state index contributed by atoms with van der Waals surface area (Å²) in [7, 11) is 0. The van der Waals surface area contributed by atoms with E-state index in [1.807, 2.05) is 31.2 Å². The van der Waals surface area contributed by atoms with Gasteiger partial charge in [-0.3, -0.25) is 0 Å². The van der Waals surface area contributed by atoms with Crippen molar-refractivity contribution in [3.8, 4) is 11.5 Å². The molecule has 0 aliphatic carbocycles. The van der Waals surface area contributed by atoms with Crippen LogP contribution in [-0.2, 0) is 11.3 Å². The number of aryl methyl sites for hydroxylation is 1. The number of esters is 1. The fourth-order valence-electron chi connectivity index (χ4n) is 2.17. The van der Waals surface area contributed by atoms with E-state index in [0.717, 1.165) is 11.1 Å². The van der Waals surface area contributed by atoms with Gasteiger partial charge in [-0.15, -0.1) is 0 Å². The molecule has 0 fully saturated rings. The van der Waals surface area contributed by atoms with Crippen LogP contribution in [0.1, 0.15) is 21.5 Å². The van der Waals surface area contributed by atoms with Crippen LogP contribution >= 0.6 is 0 Å². The Kier molecular flexibility index (Phi) is 3.77. The van der Waals surface area contributed by atoms with Crippen molar-refractivity contribution < 1.29 is 19.0 Å². The largest absolute Gasteiger partial charge is 0.486 e. The number of hydrogen-bond donors (Lipinski definition) is 0. The van der Waals surface area contributed by atoms with E-state index < -0.39 is 0 Å². The second-order valence-corrected chi connectivity index (χ2v) is 4.86. The summed E-state index contributed by atoms with van der Waals surface area (Å²) in [5.74, 6) is 0.888. The first-order valence-electron chi connectivity index (χ1n) is 6.85. The second kappa shape index (κ2) is 5.87. The average Bonchev–Trinajstić information content (AvgIpc) is 2.53. The van der Waals surface area contributed by atoms with Crippen molar-refractivity contribution in [3.63, 3.8) is 0 Å². The highest BCUT2D eigenvalue weighted by atomic mass is 16.6. The monoisotopic (exact) mass is 284 g/mol. The topological polar surface area (TPSA) is 44.8 Å². The van der Waals surface area contributed by atoms with E-state index in [9.17, 15) is 4.79 Å². The molecular weight excluding hydrogens is 268 g/mol. The fourth-order valence-corrected chi connectivity index (χ4v) is 2.17. The van der Waals surface area contributed by atoms with Crippen molar-refractivity contribution in [2.75, 3.05) is 13.2 Å². The minimum Gasteiger partial charge on any atom is -0.486 e. The van der Waals surface area contributed by atoms with Crippen LogP contribution in [0.25, 0.3) is 0 Å². The van der Waals surface area contributed by atoms with E-state index in [1.54, 1.807) is 18.2 Å². The molecule has 0 aromatic heterocycles. The van der Waals surface area contributed by atoms with Gasteiger partial charge in [-0.2, -0.15) is 0 Å². The van der Waals surface area contributed by atoms with Gasteiger partial charge in [-0.1, -0.05) is 24.3 Å². The molecule has 2 aromatic carbocycles. The van der Waals surface area contributed by atoms with Gasteiger partial charge < -0.3 is 14.2 Å². The van der Waals surface area contributed by atoms with Gasteiger partial charge in [-0.25, -0.2) is 4.79 Å². The SMILES string of the molecule is Cc1ccccc1COC(=O)c1ccc2c(c1)OCCO2. The predicted molar refractivity (Wildman–Crippen MR) is 77.7 cm³/mol. The first-order chi connectivity index (χ1) is 10.2. The maximum absolute atomic E-state index is 12.1. The van der Waals surface area contributed by atoms with E-state index >= 15 is 0 Å². The molecule has 1 heterocycles. The molecule has 0 unspecified atom stereocenters. The van der Waals surface area contributed by atoms with E-state index in [-0.39, 0.29) is 12.6 Å². The van der Waals surface area contributed by atoms with Gasteiger partial charge in [0, 0.05) is 0 Å². The van der Waals surface area contributed by atoms with E-state index in [1.165, 1.54) is 0 Å². The van der Waals surface area contributed by atoms with Crippen molar-refractivity contribution in [1.29, 1.82) is 0 Å². The maximum Gasteiger partial charge on any atom is 0.338 e. The Bertz CT molecular complexity index is 664. The van der Waals surface area contributed by atoms with Crippen LogP contribution in [0.5, 0.6) is 11.5 Å². The molecular formula is C17H16O4. The lowest BCUT2D eigenvalue weighted by Gasteiger charge is -2.18. The summed E-state index contributed by atoms with van der Waals surface area (Å²) in [5, 5.41) is 0. The molecule has 3 rings (SSSR count). The minimum absolute atomic E-state index is 0.264. The summed E-state index contributed by atoms with van der Waals surface area (Å²) in [6.45, 7) is 3.28. The van der Waals surface area contributed by atoms with Crippen LogP contribution < -0.4 is 9.47 Å². The number of ether oxygens (including phenoxy) is 3. The first-order valence-corrected chi connectivity index (χ1v) is 6.85. The third-order valence-corrected chi connectivity index (χ3v) is 3.40. The number of carbonyl (C=O) groups is 1. The number of carbonyl (C=O) groups excluding carboxylic acids is 1. The Balaban J connectivity index is 1.69. The van der Waals surface area contributed by atoms with Gasteiger partial charge in [0.25, 0.3) is 0 Å². The van der Waals surface area contributed by atoms with Crippen LogP contribution in [0.3, 0.4) is 0 Å². The Labute approximate surface area is 123 Å². The Hall–Kier alpha value is -2.49. The lowest BCUT2D eigenvalue weighted by Crippen LogP contribution is -2.16. The van der Waals surface area contributed by atoms with Crippen LogP contribution in [0.15, 0.2) is 42.5 Å². The van der Waals surface area contributed by atoms with E-state index in [2.05, 4.69) is 0 Å². The zero-order valence-electron chi connectivity index (χ0n) is 11.8. The quantitative estimate of drug-likeness (QED) is 0.812. The molecule has 0 radical (unpaired) electrons. The highest BCUT2D eigenvalue weighted by Crippen LogP contribution is 2.31. The average molecular weight is 284 g/mol. The molecule has 4 heteroatoms. The summed E-state index contributed by atoms with van der Waals surface area (Å²) in [4.78, 5) is 12.1. The van der Waals surface area contributed by atoms with Gasteiger partial charge in [0.05, 0.1) is 5.56 Å². The molecule has 2 aromatic rings. The van der Waals surface area contributed by atoms with Crippen molar-refractivity contribution in [2.45, 2.75) is 13.5 Å². The summed E-state index contributed by atoms with van der Waals surface area (Å²) in [6.07, 6.45) is 0. The van der Waals surface area contributed by atoms with Gasteiger partial charge in [-0.05, 0) is 36.2 Å². The second-order valence-electron chi connectivity index (χ2n) is 4.86. The predicted octanol–water partition coefficient (Wildman–Crippen LogP) is 3.12. The van der Waals surface area contributed by atoms with Crippen molar-refractivity contribution >= 4 is 5.97 Å². The zero-order valence-corrected chi connectivity index (χ0v) is 11.8. The highest BCUT2D eigenvalue weighted by molar-refractivity contribution is 5.90. The molecule has 0 atom stereocenters. The van der Waals surface area contributed by atoms with Crippen LogP contribution in [0.4, 0.5) is 0 Å². The molecule has 1 aliphatic heterocycles. The zero-order chi connectivity index (χ0) is 14.7. The van der Waals surface area contributed by atoms with E-state index in [4.69, 9.17) is 14.2 Å². The summed E-state index contributed by atoms with van der Waals surface area (Å²) in [5.41, 5.74) is 2.57. The third kappa shape index (κ3) is 2.99.